The van der Waals surface area contributed by atoms with Crippen molar-refractivity contribution in [1.82, 2.24) is 0 Å². The predicted octanol–water partition coefficient (Wildman–Crippen LogP) is 4.58. The van der Waals surface area contributed by atoms with Crippen LogP contribution in [0.25, 0.3) is 6.08 Å². The summed E-state index contributed by atoms with van der Waals surface area (Å²) in [6.07, 6.45) is 3.96. The summed E-state index contributed by atoms with van der Waals surface area (Å²) in [4.78, 5) is 45.3. The molecule has 0 saturated carbocycles. The second kappa shape index (κ2) is 8.19. The molecule has 3 aliphatic heterocycles. The third kappa shape index (κ3) is 3.14. The normalized spacial score (nSPS) is 24.0. The molecule has 2 saturated heterocycles. The van der Waals surface area contributed by atoms with Crippen LogP contribution in [-0.2, 0) is 9.59 Å². The Balaban J connectivity index is 1.48. The van der Waals surface area contributed by atoms with Gasteiger partial charge in [-0.05, 0) is 61.4 Å². The van der Waals surface area contributed by atoms with Gasteiger partial charge in [0, 0.05) is 11.3 Å². The number of hydrogen-bond acceptors (Lipinski definition) is 5. The predicted molar refractivity (Wildman–Crippen MR) is 138 cm³/mol. The first kappa shape index (κ1) is 22.3. The van der Waals surface area contributed by atoms with E-state index in [1.807, 2.05) is 73.4 Å². The lowest BCUT2D eigenvalue weighted by atomic mass is 9.86. The van der Waals surface area contributed by atoms with Crippen molar-refractivity contribution >= 4 is 35.0 Å². The molecule has 3 aromatic carbocycles. The number of ether oxygens (including phenoxy) is 1. The van der Waals surface area contributed by atoms with Crippen LogP contribution in [0.1, 0.15) is 27.0 Å². The number of fused-ring (bicyclic) bond motifs is 5. The summed E-state index contributed by atoms with van der Waals surface area (Å²) < 4.78 is 5.25. The minimum Gasteiger partial charge on any atom is -0.497 e. The molecule has 6 rings (SSSR count). The van der Waals surface area contributed by atoms with Crippen LogP contribution in [0, 0.1) is 25.7 Å². The Bertz CT molecular complexity index is 1440. The Morgan fingerprint density at radius 1 is 0.861 bits per heavy atom. The first-order valence-corrected chi connectivity index (χ1v) is 12.1. The molecule has 0 bridgehead atoms. The van der Waals surface area contributed by atoms with E-state index in [9.17, 15) is 14.4 Å². The van der Waals surface area contributed by atoms with Gasteiger partial charge in [0.1, 0.15) is 11.8 Å². The average molecular weight is 479 g/mol. The molecule has 0 aliphatic carbocycles. The first-order chi connectivity index (χ1) is 17.4. The number of aryl methyl sites for hydroxylation is 2. The van der Waals surface area contributed by atoms with E-state index >= 15 is 0 Å². The molecule has 3 aromatic rings. The molecule has 0 aromatic heterocycles. The van der Waals surface area contributed by atoms with Crippen LogP contribution in [-0.4, -0.2) is 36.8 Å². The van der Waals surface area contributed by atoms with Crippen LogP contribution in [0.4, 0.5) is 11.4 Å². The molecular formula is C30H26N2O4. The zero-order chi connectivity index (χ0) is 25.1. The molecule has 0 unspecified atom stereocenters. The number of Topliss-reactive ketones (excluding diaryl/α,β-unsaturated/α-hetero) is 1. The van der Waals surface area contributed by atoms with Gasteiger partial charge >= 0.3 is 0 Å². The second-order valence-corrected chi connectivity index (χ2v) is 9.71. The lowest BCUT2D eigenvalue weighted by molar-refractivity contribution is -0.122. The van der Waals surface area contributed by atoms with E-state index in [-0.39, 0.29) is 23.6 Å². The van der Waals surface area contributed by atoms with Crippen molar-refractivity contribution in [2.45, 2.75) is 25.9 Å². The highest BCUT2D eigenvalue weighted by Gasteiger charge is 2.64. The highest BCUT2D eigenvalue weighted by atomic mass is 16.5. The lowest BCUT2D eigenvalue weighted by Gasteiger charge is -2.36. The fourth-order valence-corrected chi connectivity index (χ4v) is 6.03. The summed E-state index contributed by atoms with van der Waals surface area (Å²) in [5.74, 6) is -1.52. The van der Waals surface area contributed by atoms with Gasteiger partial charge in [-0.15, -0.1) is 0 Å². The molecule has 3 heterocycles. The van der Waals surface area contributed by atoms with Gasteiger partial charge in [-0.2, -0.15) is 0 Å². The molecule has 3 aliphatic rings. The second-order valence-electron chi connectivity index (χ2n) is 9.71. The number of hydrogen-bond donors (Lipinski definition) is 0. The van der Waals surface area contributed by atoms with Gasteiger partial charge in [0.25, 0.3) is 0 Å². The van der Waals surface area contributed by atoms with Crippen LogP contribution in [0.3, 0.4) is 0 Å². The number of ketones is 1. The van der Waals surface area contributed by atoms with E-state index in [1.165, 1.54) is 4.90 Å². The number of carbonyl (C=O) groups excluding carboxylic acids is 3. The zero-order valence-electron chi connectivity index (χ0n) is 20.3. The molecule has 0 N–H and O–H groups in total. The number of imide groups is 1. The van der Waals surface area contributed by atoms with Gasteiger partial charge in [-0.1, -0.05) is 48.0 Å². The average Bonchev–Trinajstić information content (AvgIpc) is 3.37. The van der Waals surface area contributed by atoms with E-state index < -0.39 is 17.9 Å². The number of methoxy groups -OCH3 is 1. The molecule has 0 radical (unpaired) electrons. The van der Waals surface area contributed by atoms with Crippen molar-refractivity contribution in [2.75, 3.05) is 16.9 Å². The highest BCUT2D eigenvalue weighted by molar-refractivity contribution is 6.26. The Labute approximate surface area is 209 Å². The fourth-order valence-electron chi connectivity index (χ4n) is 6.03. The Kier molecular flexibility index (Phi) is 5.07. The summed E-state index contributed by atoms with van der Waals surface area (Å²) in [6.45, 7) is 3.88. The zero-order valence-corrected chi connectivity index (χ0v) is 20.3. The van der Waals surface area contributed by atoms with Crippen molar-refractivity contribution in [1.29, 1.82) is 0 Å². The standard InChI is InChI=1S/C30H26N2O4/c1-17-8-14-22(18(2)16-17)32-29(34)25-24-15-11-19-6-4-5-7-23(19)31(24)27(26(25)30(32)35)28(33)20-9-12-21(36-3)13-10-20/h4-16,24-27H,1-3H3/t24-,25-,26-,27+/m1/s1. The first-order valence-electron chi connectivity index (χ1n) is 12.1. The van der Waals surface area contributed by atoms with Gasteiger partial charge in [-0.3, -0.25) is 14.4 Å². The summed E-state index contributed by atoms with van der Waals surface area (Å²) in [5.41, 5.74) is 4.82. The van der Waals surface area contributed by atoms with Gasteiger partial charge in [-0.25, -0.2) is 4.90 Å². The van der Waals surface area contributed by atoms with Gasteiger partial charge in [0.05, 0.1) is 30.7 Å². The summed E-state index contributed by atoms with van der Waals surface area (Å²) >= 11 is 0. The van der Waals surface area contributed by atoms with Crippen LogP contribution in [0.15, 0.2) is 72.8 Å². The number of amides is 2. The molecule has 2 fully saturated rings. The van der Waals surface area contributed by atoms with E-state index in [0.29, 0.717) is 17.0 Å². The summed E-state index contributed by atoms with van der Waals surface area (Å²) in [6, 6.07) is 19.2. The number of anilines is 2. The number of rotatable bonds is 4. The van der Waals surface area contributed by atoms with Crippen LogP contribution >= 0.6 is 0 Å². The Morgan fingerprint density at radius 3 is 2.31 bits per heavy atom. The van der Waals surface area contributed by atoms with Gasteiger partial charge < -0.3 is 9.64 Å². The van der Waals surface area contributed by atoms with Crippen LogP contribution in [0.5, 0.6) is 5.75 Å². The molecule has 2 amide bonds. The topological polar surface area (TPSA) is 66.9 Å². The molecule has 180 valence electrons. The van der Waals surface area contributed by atoms with E-state index in [0.717, 1.165) is 22.4 Å². The SMILES string of the molecule is COc1ccc(C(=O)[C@@H]2[C@@H]3C(=O)N(c4ccc(C)cc4C)C(=O)[C@@H]3[C@H]3C=Cc4ccccc4N32)cc1. The van der Waals surface area contributed by atoms with Crippen molar-refractivity contribution in [3.8, 4) is 5.75 Å². The highest BCUT2D eigenvalue weighted by Crippen LogP contribution is 2.50. The number of carbonyl (C=O) groups is 3. The number of nitrogens with zero attached hydrogens (tertiary/aromatic N) is 2. The number of benzene rings is 3. The third-order valence-electron chi connectivity index (χ3n) is 7.65. The summed E-state index contributed by atoms with van der Waals surface area (Å²) in [5, 5.41) is 0. The molecule has 0 spiro atoms. The smallest absolute Gasteiger partial charge is 0.240 e. The Hall–Kier alpha value is -4.19. The fraction of sp³-hybridized carbons (Fsp3) is 0.233. The lowest BCUT2D eigenvalue weighted by Crippen LogP contribution is -2.49. The molecule has 6 nitrogen and oxygen atoms in total. The van der Waals surface area contributed by atoms with Gasteiger partial charge in [0.2, 0.25) is 11.8 Å². The maximum atomic E-state index is 14.1. The van der Waals surface area contributed by atoms with Crippen LogP contribution < -0.4 is 14.5 Å². The maximum absolute atomic E-state index is 14.1. The maximum Gasteiger partial charge on any atom is 0.240 e. The van der Waals surface area contributed by atoms with Crippen molar-refractivity contribution < 1.29 is 19.1 Å². The van der Waals surface area contributed by atoms with E-state index in [4.69, 9.17) is 4.74 Å². The van der Waals surface area contributed by atoms with Crippen molar-refractivity contribution in [3.05, 3.63) is 95.1 Å². The van der Waals surface area contributed by atoms with E-state index in [1.54, 1.807) is 31.4 Å². The molecule has 4 atom stereocenters. The minimum atomic E-state index is -0.799. The van der Waals surface area contributed by atoms with Crippen LogP contribution in [0.2, 0.25) is 0 Å². The molecule has 6 heteroatoms. The molecule has 36 heavy (non-hydrogen) atoms. The Morgan fingerprint density at radius 2 is 1.58 bits per heavy atom. The monoisotopic (exact) mass is 478 g/mol. The van der Waals surface area contributed by atoms with Crippen molar-refractivity contribution in [2.24, 2.45) is 11.8 Å². The number of para-hydroxylation sites is 1. The van der Waals surface area contributed by atoms with Crippen molar-refractivity contribution in [3.63, 3.8) is 0 Å². The quantitative estimate of drug-likeness (QED) is 0.406. The van der Waals surface area contributed by atoms with E-state index in [2.05, 4.69) is 0 Å². The minimum absolute atomic E-state index is 0.177. The largest absolute Gasteiger partial charge is 0.497 e. The summed E-state index contributed by atoms with van der Waals surface area (Å²) in [7, 11) is 1.57. The molecular weight excluding hydrogens is 452 g/mol. The van der Waals surface area contributed by atoms with Gasteiger partial charge in [0.15, 0.2) is 5.78 Å². The third-order valence-corrected chi connectivity index (χ3v) is 7.65.